The van der Waals surface area contributed by atoms with E-state index in [0.29, 0.717) is 18.0 Å². The Morgan fingerprint density at radius 3 is 2.56 bits per heavy atom. The van der Waals surface area contributed by atoms with Crippen LogP contribution < -0.4 is 10.6 Å². The van der Waals surface area contributed by atoms with Crippen LogP contribution in [0.1, 0.15) is 71.3 Å². The smallest absolute Gasteiger partial charge is 0.229 e. The second-order valence-electron chi connectivity index (χ2n) is 8.92. The third kappa shape index (κ3) is 5.41. The van der Waals surface area contributed by atoms with E-state index in [1.165, 1.54) is 38.5 Å². The Morgan fingerprint density at radius 2 is 1.81 bits per heavy atom. The number of hydrogen-bond donors (Lipinski definition) is 2. The lowest BCUT2D eigenvalue weighted by molar-refractivity contribution is 0.0662. The van der Waals surface area contributed by atoms with Gasteiger partial charge in [0.1, 0.15) is 5.52 Å². The largest absolute Gasteiger partial charge is 0.381 e. The number of hydrogen-bond acceptors (Lipinski definition) is 6. The van der Waals surface area contributed by atoms with Crippen molar-refractivity contribution in [2.45, 2.75) is 77.3 Å². The van der Waals surface area contributed by atoms with Gasteiger partial charge in [0.05, 0.1) is 23.4 Å². The Kier molecular flexibility index (Phi) is 7.63. The van der Waals surface area contributed by atoms with Gasteiger partial charge in [-0.3, -0.25) is 4.68 Å². The van der Waals surface area contributed by atoms with Gasteiger partial charge in [0.25, 0.3) is 0 Å². The Hall–Kier alpha value is -2.61. The van der Waals surface area contributed by atoms with Gasteiger partial charge in [-0.1, -0.05) is 39.5 Å². The maximum Gasteiger partial charge on any atom is 0.229 e. The first kappa shape index (κ1) is 22.6. The topological polar surface area (TPSA) is 81.8 Å². The van der Waals surface area contributed by atoms with Gasteiger partial charge in [-0.05, 0) is 31.7 Å². The molecule has 3 aromatic rings. The van der Waals surface area contributed by atoms with Gasteiger partial charge in [-0.2, -0.15) is 10.1 Å². The predicted molar refractivity (Wildman–Crippen MR) is 130 cm³/mol. The molecule has 2 fully saturated rings. The van der Waals surface area contributed by atoms with Crippen molar-refractivity contribution in [3.8, 4) is 0 Å². The van der Waals surface area contributed by atoms with E-state index >= 15 is 0 Å². The van der Waals surface area contributed by atoms with Gasteiger partial charge < -0.3 is 19.9 Å². The van der Waals surface area contributed by atoms with Crippen LogP contribution in [0.5, 0.6) is 0 Å². The molecule has 0 amide bonds. The summed E-state index contributed by atoms with van der Waals surface area (Å²) in [7, 11) is 2.04. The number of nitrogens with one attached hydrogen (secondary N) is 2. The van der Waals surface area contributed by atoms with Crippen molar-refractivity contribution in [2.24, 2.45) is 7.05 Å². The minimum absolute atomic E-state index is 0.403. The zero-order valence-corrected chi connectivity index (χ0v) is 19.7. The monoisotopic (exact) mass is 439 g/mol. The van der Waals surface area contributed by atoms with Crippen molar-refractivity contribution < 1.29 is 4.74 Å². The Balaban J connectivity index is 0.000000775. The summed E-state index contributed by atoms with van der Waals surface area (Å²) in [5.74, 6) is 1.52. The van der Waals surface area contributed by atoms with Gasteiger partial charge in [-0.15, -0.1) is 0 Å². The zero-order valence-electron chi connectivity index (χ0n) is 19.7. The third-order valence-corrected chi connectivity index (χ3v) is 6.09. The SMILES string of the molecule is CCC.Cn1ccc2nc(Nc3cnn(C4CCOCC4)c3)nc(NC3CCCCC3)c21. The summed E-state index contributed by atoms with van der Waals surface area (Å²) in [6.45, 7) is 5.86. The summed E-state index contributed by atoms with van der Waals surface area (Å²) in [4.78, 5) is 9.56. The van der Waals surface area contributed by atoms with E-state index in [-0.39, 0.29) is 0 Å². The van der Waals surface area contributed by atoms with Gasteiger partial charge >= 0.3 is 0 Å². The summed E-state index contributed by atoms with van der Waals surface area (Å²) in [6, 6.07) is 2.93. The molecule has 5 rings (SSSR count). The van der Waals surface area contributed by atoms with Crippen molar-refractivity contribution in [3.63, 3.8) is 0 Å². The molecule has 1 saturated carbocycles. The highest BCUT2D eigenvalue weighted by molar-refractivity contribution is 5.88. The average molecular weight is 440 g/mol. The Morgan fingerprint density at radius 1 is 1.06 bits per heavy atom. The van der Waals surface area contributed by atoms with E-state index in [9.17, 15) is 0 Å². The maximum absolute atomic E-state index is 5.46. The number of anilines is 3. The first-order valence-corrected chi connectivity index (χ1v) is 12.2. The van der Waals surface area contributed by atoms with E-state index in [2.05, 4.69) is 34.1 Å². The van der Waals surface area contributed by atoms with Crippen LogP contribution >= 0.6 is 0 Å². The molecule has 0 unspecified atom stereocenters. The van der Waals surface area contributed by atoms with E-state index in [4.69, 9.17) is 14.7 Å². The molecule has 2 N–H and O–H groups in total. The molecule has 8 heteroatoms. The van der Waals surface area contributed by atoms with E-state index in [1.54, 1.807) is 0 Å². The predicted octanol–water partition coefficient (Wildman–Crippen LogP) is 5.42. The van der Waals surface area contributed by atoms with E-state index < -0.39 is 0 Å². The first-order valence-electron chi connectivity index (χ1n) is 12.2. The van der Waals surface area contributed by atoms with Crippen molar-refractivity contribution in [3.05, 3.63) is 24.7 Å². The summed E-state index contributed by atoms with van der Waals surface area (Å²) >= 11 is 0. The normalized spacial score (nSPS) is 17.7. The number of rotatable bonds is 5. The lowest BCUT2D eigenvalue weighted by atomic mass is 9.95. The Labute approximate surface area is 190 Å². The van der Waals surface area contributed by atoms with Crippen LogP contribution in [0.4, 0.5) is 17.5 Å². The summed E-state index contributed by atoms with van der Waals surface area (Å²) in [6.07, 6.45) is 15.5. The molecule has 0 spiro atoms. The maximum atomic E-state index is 5.46. The third-order valence-electron chi connectivity index (χ3n) is 6.09. The molecular weight excluding hydrogens is 402 g/mol. The number of nitrogens with zero attached hydrogens (tertiary/aromatic N) is 5. The van der Waals surface area contributed by atoms with Gasteiger partial charge in [-0.25, -0.2) is 4.98 Å². The summed E-state index contributed by atoms with van der Waals surface area (Å²) in [5.41, 5.74) is 2.91. The average Bonchev–Trinajstić information content (AvgIpc) is 3.43. The highest BCUT2D eigenvalue weighted by atomic mass is 16.5. The molecule has 1 saturated heterocycles. The molecule has 2 aliphatic rings. The molecule has 174 valence electrons. The van der Waals surface area contributed by atoms with E-state index in [0.717, 1.165) is 48.6 Å². The molecule has 32 heavy (non-hydrogen) atoms. The Bertz CT molecular complexity index is 984. The summed E-state index contributed by atoms with van der Waals surface area (Å²) < 4.78 is 9.58. The quantitative estimate of drug-likeness (QED) is 0.552. The molecule has 0 radical (unpaired) electrons. The standard InChI is InChI=1S/C21H29N7O.C3H8/c1-27-10-7-18-19(27)20(23-15-5-3-2-4-6-15)26-21(25-18)24-16-13-22-28(14-16)17-8-11-29-12-9-17;1-3-2/h7,10,13-15,17H,2-6,8-9,11-12H2,1H3,(H2,23,24,25,26);3H2,1-2H3. The molecular formula is C24H37N7O. The molecule has 8 nitrogen and oxygen atoms in total. The zero-order chi connectivity index (χ0) is 22.3. The molecule has 0 atom stereocenters. The number of aromatic nitrogens is 5. The minimum atomic E-state index is 0.403. The number of aryl methyl sites for hydroxylation is 1. The van der Waals surface area contributed by atoms with Crippen LogP contribution in [0.2, 0.25) is 0 Å². The molecule has 4 heterocycles. The van der Waals surface area contributed by atoms with Gasteiger partial charge in [0, 0.05) is 38.7 Å². The van der Waals surface area contributed by atoms with Gasteiger partial charge in [0.2, 0.25) is 5.95 Å². The van der Waals surface area contributed by atoms with Crippen LogP contribution in [-0.4, -0.2) is 43.6 Å². The lowest BCUT2D eigenvalue weighted by Gasteiger charge is -2.24. The van der Waals surface area contributed by atoms with Crippen LogP contribution in [0.3, 0.4) is 0 Å². The second kappa shape index (κ2) is 10.8. The van der Waals surface area contributed by atoms with Crippen molar-refractivity contribution in [1.29, 1.82) is 0 Å². The minimum Gasteiger partial charge on any atom is -0.381 e. The highest BCUT2D eigenvalue weighted by Crippen LogP contribution is 2.28. The fourth-order valence-corrected chi connectivity index (χ4v) is 4.47. The fraction of sp³-hybridized carbons (Fsp3) is 0.625. The van der Waals surface area contributed by atoms with Crippen molar-refractivity contribution in [1.82, 2.24) is 24.3 Å². The highest BCUT2D eigenvalue weighted by Gasteiger charge is 2.19. The van der Waals surface area contributed by atoms with Crippen molar-refractivity contribution in [2.75, 3.05) is 23.8 Å². The molecule has 3 aromatic heterocycles. The number of fused-ring (bicyclic) bond motifs is 1. The lowest BCUT2D eigenvalue weighted by Crippen LogP contribution is -2.23. The van der Waals surface area contributed by atoms with Crippen LogP contribution in [0, 0.1) is 0 Å². The van der Waals surface area contributed by atoms with Crippen LogP contribution in [0.25, 0.3) is 11.0 Å². The number of ether oxygens (including phenoxy) is 1. The van der Waals surface area contributed by atoms with Gasteiger partial charge in [0.15, 0.2) is 5.82 Å². The van der Waals surface area contributed by atoms with Crippen LogP contribution in [0.15, 0.2) is 24.7 Å². The van der Waals surface area contributed by atoms with E-state index in [1.807, 2.05) is 36.4 Å². The molecule has 1 aliphatic carbocycles. The fourth-order valence-electron chi connectivity index (χ4n) is 4.47. The van der Waals surface area contributed by atoms with Crippen molar-refractivity contribution >= 4 is 28.5 Å². The molecule has 0 aromatic carbocycles. The first-order chi connectivity index (χ1) is 15.7. The summed E-state index contributed by atoms with van der Waals surface area (Å²) in [5, 5.41) is 11.6. The van der Waals surface area contributed by atoms with Crippen LogP contribution in [-0.2, 0) is 11.8 Å². The molecule has 0 bridgehead atoms. The molecule has 1 aliphatic heterocycles. The second-order valence-corrected chi connectivity index (χ2v) is 8.92.